The first kappa shape index (κ1) is 27.0. The number of imidazole rings is 1. The number of aromatic nitrogens is 4. The van der Waals surface area contributed by atoms with Gasteiger partial charge in [-0.3, -0.25) is 9.88 Å². The normalized spacial score (nSPS) is 19.9. The SMILES string of the molecule is O=C(O)c1ccc2nc(CN3CCC(c4cccc(OCc5ccc(C6COC6)cn5)n4)CC3)n(CC3CCO3)c2c1. The number of aromatic carboxylic acids is 1. The quantitative estimate of drug-likeness (QED) is 0.297. The second-order valence-electron chi connectivity index (χ2n) is 11.5. The van der Waals surface area contributed by atoms with Crippen molar-refractivity contribution in [2.75, 3.05) is 32.9 Å². The minimum absolute atomic E-state index is 0.151. The van der Waals surface area contributed by atoms with E-state index in [0.29, 0.717) is 37.4 Å². The highest BCUT2D eigenvalue weighted by Gasteiger charge is 2.26. The van der Waals surface area contributed by atoms with Gasteiger partial charge in [-0.05, 0) is 68.2 Å². The number of hydrogen-bond donors (Lipinski definition) is 1. The van der Waals surface area contributed by atoms with Gasteiger partial charge in [0.25, 0.3) is 0 Å². The molecular weight excluding hydrogens is 534 g/mol. The lowest BCUT2D eigenvalue weighted by Gasteiger charge is -2.32. The molecule has 3 aliphatic heterocycles. The van der Waals surface area contributed by atoms with Crippen molar-refractivity contribution in [1.29, 1.82) is 0 Å². The van der Waals surface area contributed by atoms with Crippen LogP contribution in [0.2, 0.25) is 0 Å². The molecule has 0 bridgehead atoms. The molecule has 1 N–H and O–H groups in total. The van der Waals surface area contributed by atoms with Crippen molar-refractivity contribution in [3.63, 3.8) is 0 Å². The standard InChI is InChI=1S/C32H35N5O5/c38-32(39)22-5-7-28-29(14-22)37(16-26-10-13-41-26)30(34-28)17-36-11-8-21(9-12-36)27-2-1-3-31(35-27)42-20-25-6-4-23(15-33-25)24-18-40-19-24/h1-7,14-15,21,24,26H,8-13,16-20H2,(H,38,39). The zero-order valence-corrected chi connectivity index (χ0v) is 23.5. The lowest BCUT2D eigenvalue weighted by molar-refractivity contribution is -0.0592. The minimum Gasteiger partial charge on any atom is -0.478 e. The molecule has 10 nitrogen and oxygen atoms in total. The molecule has 1 aromatic carbocycles. The molecule has 3 saturated heterocycles. The summed E-state index contributed by atoms with van der Waals surface area (Å²) in [6.07, 6.45) is 5.09. The van der Waals surface area contributed by atoms with E-state index in [2.05, 4.69) is 26.6 Å². The predicted molar refractivity (Wildman–Crippen MR) is 155 cm³/mol. The zero-order chi connectivity index (χ0) is 28.5. The van der Waals surface area contributed by atoms with Gasteiger partial charge in [-0.25, -0.2) is 14.8 Å². The summed E-state index contributed by atoms with van der Waals surface area (Å²) < 4.78 is 19.1. The van der Waals surface area contributed by atoms with E-state index < -0.39 is 5.97 Å². The molecule has 0 radical (unpaired) electrons. The van der Waals surface area contributed by atoms with Crippen molar-refractivity contribution in [2.45, 2.75) is 56.9 Å². The van der Waals surface area contributed by atoms with Crippen LogP contribution < -0.4 is 4.74 Å². The van der Waals surface area contributed by atoms with Gasteiger partial charge in [0.2, 0.25) is 5.88 Å². The fourth-order valence-electron chi connectivity index (χ4n) is 5.93. The Morgan fingerprint density at radius 1 is 1.02 bits per heavy atom. The Bertz CT molecular complexity index is 1560. The zero-order valence-electron chi connectivity index (χ0n) is 23.5. The molecule has 0 saturated carbocycles. The van der Waals surface area contributed by atoms with Crippen molar-refractivity contribution in [2.24, 2.45) is 0 Å². The first-order valence-corrected chi connectivity index (χ1v) is 14.8. The summed E-state index contributed by atoms with van der Waals surface area (Å²) >= 11 is 0. The summed E-state index contributed by atoms with van der Waals surface area (Å²) in [5, 5.41) is 9.51. The summed E-state index contributed by atoms with van der Waals surface area (Å²) in [7, 11) is 0. The van der Waals surface area contributed by atoms with Crippen molar-refractivity contribution in [1.82, 2.24) is 24.4 Å². The average Bonchev–Trinajstić information content (AvgIpc) is 3.30. The molecule has 3 aromatic heterocycles. The number of carbonyl (C=O) groups is 1. The van der Waals surface area contributed by atoms with E-state index in [9.17, 15) is 9.90 Å². The van der Waals surface area contributed by atoms with Gasteiger partial charge >= 0.3 is 5.97 Å². The molecule has 3 fully saturated rings. The van der Waals surface area contributed by atoms with Crippen LogP contribution in [0.15, 0.2) is 54.7 Å². The van der Waals surface area contributed by atoms with Gasteiger partial charge in [-0.2, -0.15) is 0 Å². The number of carboxylic acids is 1. The van der Waals surface area contributed by atoms with Crippen LogP contribution in [0.25, 0.3) is 11.0 Å². The molecule has 42 heavy (non-hydrogen) atoms. The highest BCUT2D eigenvalue weighted by atomic mass is 16.5. The van der Waals surface area contributed by atoms with Crippen molar-refractivity contribution in [3.8, 4) is 5.88 Å². The maximum atomic E-state index is 11.6. The van der Waals surface area contributed by atoms with Gasteiger partial charge < -0.3 is 23.9 Å². The number of nitrogens with zero attached hydrogens (tertiary/aromatic N) is 5. The van der Waals surface area contributed by atoms with Crippen molar-refractivity contribution < 1.29 is 24.1 Å². The molecule has 7 rings (SSSR count). The predicted octanol–water partition coefficient (Wildman–Crippen LogP) is 4.39. The van der Waals surface area contributed by atoms with Gasteiger partial charge in [0, 0.05) is 36.4 Å². The lowest BCUT2D eigenvalue weighted by atomic mass is 9.93. The van der Waals surface area contributed by atoms with Crippen LogP contribution in [0.5, 0.6) is 5.88 Å². The summed E-state index contributed by atoms with van der Waals surface area (Å²) in [5.74, 6) is 1.49. The fourth-order valence-corrected chi connectivity index (χ4v) is 5.93. The summed E-state index contributed by atoms with van der Waals surface area (Å²) in [6.45, 7) is 5.99. The molecule has 0 aliphatic carbocycles. The molecule has 1 atom stereocenters. The molecule has 4 aromatic rings. The number of likely N-dealkylation sites (tertiary alicyclic amines) is 1. The van der Waals surface area contributed by atoms with Crippen LogP contribution in [0.4, 0.5) is 0 Å². The van der Waals surface area contributed by atoms with Crippen LogP contribution in [0.3, 0.4) is 0 Å². The van der Waals surface area contributed by atoms with Gasteiger partial charge in [0.1, 0.15) is 12.4 Å². The Balaban J connectivity index is 0.975. The monoisotopic (exact) mass is 569 g/mol. The number of ether oxygens (including phenoxy) is 3. The number of piperidine rings is 1. The van der Waals surface area contributed by atoms with E-state index in [1.165, 1.54) is 5.56 Å². The molecule has 3 aliphatic rings. The summed E-state index contributed by atoms with van der Waals surface area (Å²) in [4.78, 5) is 28.3. The lowest BCUT2D eigenvalue weighted by Crippen LogP contribution is -2.35. The molecule has 0 spiro atoms. The average molecular weight is 570 g/mol. The molecule has 0 amide bonds. The van der Waals surface area contributed by atoms with E-state index in [-0.39, 0.29) is 11.7 Å². The number of fused-ring (bicyclic) bond motifs is 1. The maximum Gasteiger partial charge on any atom is 0.335 e. The molecule has 1 unspecified atom stereocenters. The first-order valence-electron chi connectivity index (χ1n) is 14.8. The fraction of sp³-hybridized carbons (Fsp3) is 0.438. The number of rotatable bonds is 10. The number of benzene rings is 1. The highest BCUT2D eigenvalue weighted by Crippen LogP contribution is 2.30. The van der Waals surface area contributed by atoms with Crippen LogP contribution in [-0.2, 0) is 29.2 Å². The van der Waals surface area contributed by atoms with Crippen molar-refractivity contribution in [3.05, 3.63) is 83.1 Å². The van der Waals surface area contributed by atoms with Gasteiger partial charge in [-0.1, -0.05) is 12.1 Å². The number of pyridine rings is 2. The Morgan fingerprint density at radius 3 is 2.57 bits per heavy atom. The van der Waals surface area contributed by atoms with Crippen LogP contribution in [0.1, 0.15) is 64.2 Å². The third kappa shape index (κ3) is 5.74. The summed E-state index contributed by atoms with van der Waals surface area (Å²) in [5.41, 5.74) is 5.12. The first-order chi connectivity index (χ1) is 20.6. The summed E-state index contributed by atoms with van der Waals surface area (Å²) in [6, 6.07) is 15.3. The van der Waals surface area contributed by atoms with Crippen LogP contribution in [0, 0.1) is 0 Å². The topological polar surface area (TPSA) is 112 Å². The van der Waals surface area contributed by atoms with E-state index in [4.69, 9.17) is 24.2 Å². The molecule has 10 heteroatoms. The Kier molecular flexibility index (Phi) is 7.58. The third-order valence-corrected chi connectivity index (χ3v) is 8.69. The van der Waals surface area contributed by atoms with E-state index in [1.807, 2.05) is 30.5 Å². The molecular formula is C32H35N5O5. The maximum absolute atomic E-state index is 11.6. The van der Waals surface area contributed by atoms with E-state index in [0.717, 1.165) is 80.4 Å². The largest absolute Gasteiger partial charge is 0.478 e. The third-order valence-electron chi connectivity index (χ3n) is 8.69. The van der Waals surface area contributed by atoms with Crippen molar-refractivity contribution >= 4 is 17.0 Å². The smallest absolute Gasteiger partial charge is 0.335 e. The minimum atomic E-state index is -0.929. The Morgan fingerprint density at radius 2 is 1.88 bits per heavy atom. The Labute approximate surface area is 244 Å². The van der Waals surface area contributed by atoms with Crippen LogP contribution in [-0.4, -0.2) is 74.5 Å². The van der Waals surface area contributed by atoms with Gasteiger partial charge in [0.15, 0.2) is 0 Å². The second kappa shape index (κ2) is 11.8. The van der Waals surface area contributed by atoms with Gasteiger partial charge in [-0.15, -0.1) is 0 Å². The molecule has 6 heterocycles. The van der Waals surface area contributed by atoms with Crippen LogP contribution >= 0.6 is 0 Å². The number of hydrogen-bond acceptors (Lipinski definition) is 8. The van der Waals surface area contributed by atoms with E-state index in [1.54, 1.807) is 12.1 Å². The molecule has 218 valence electrons. The van der Waals surface area contributed by atoms with E-state index >= 15 is 0 Å². The second-order valence-corrected chi connectivity index (χ2v) is 11.5. The van der Waals surface area contributed by atoms with Gasteiger partial charge in [0.05, 0.1) is 54.7 Å². The highest BCUT2D eigenvalue weighted by molar-refractivity contribution is 5.92. The number of carboxylic acid groups (broad SMARTS) is 1. The Hall–Kier alpha value is -3.86.